The highest BCUT2D eigenvalue weighted by Crippen LogP contribution is 2.26. The third kappa shape index (κ3) is 3.24. The third-order valence-corrected chi connectivity index (χ3v) is 3.69. The molecule has 1 aromatic carbocycles. The van der Waals surface area contributed by atoms with Gasteiger partial charge in [0.2, 0.25) is 0 Å². The van der Waals surface area contributed by atoms with Gasteiger partial charge in [-0.15, -0.1) is 0 Å². The molecular formula is C15H24N2O. The number of hydrogen-bond acceptors (Lipinski definition) is 3. The number of nitrogens with two attached hydrogens (primary N) is 1. The molecule has 3 heteroatoms. The highest BCUT2D eigenvalue weighted by atomic mass is 16.5. The van der Waals surface area contributed by atoms with Crippen molar-refractivity contribution in [1.29, 1.82) is 0 Å². The van der Waals surface area contributed by atoms with Crippen molar-refractivity contribution in [2.75, 3.05) is 26.7 Å². The van der Waals surface area contributed by atoms with Gasteiger partial charge in [-0.3, -0.25) is 0 Å². The summed E-state index contributed by atoms with van der Waals surface area (Å²) in [5, 5.41) is 0. The largest absolute Gasteiger partial charge is 0.493 e. The van der Waals surface area contributed by atoms with Crippen molar-refractivity contribution in [1.82, 2.24) is 4.90 Å². The van der Waals surface area contributed by atoms with Crippen LogP contribution < -0.4 is 10.5 Å². The molecule has 2 rings (SSSR count). The first-order valence-electron chi connectivity index (χ1n) is 6.86. The summed E-state index contributed by atoms with van der Waals surface area (Å²) >= 11 is 0. The minimum absolute atomic E-state index is 0.604. The zero-order valence-corrected chi connectivity index (χ0v) is 11.5. The van der Waals surface area contributed by atoms with E-state index in [4.69, 9.17) is 10.5 Å². The molecule has 3 nitrogen and oxygen atoms in total. The molecule has 1 heterocycles. The number of rotatable bonds is 6. The molecule has 0 saturated heterocycles. The summed E-state index contributed by atoms with van der Waals surface area (Å²) in [4.78, 5) is 2.36. The molecule has 1 aliphatic heterocycles. The Morgan fingerprint density at radius 1 is 1.44 bits per heavy atom. The van der Waals surface area contributed by atoms with Crippen molar-refractivity contribution in [2.45, 2.75) is 26.3 Å². The zero-order valence-electron chi connectivity index (χ0n) is 11.5. The minimum atomic E-state index is 0.604. The molecule has 2 N–H and O–H groups in total. The van der Waals surface area contributed by atoms with Crippen LogP contribution in [0.25, 0.3) is 0 Å². The van der Waals surface area contributed by atoms with E-state index in [1.165, 1.54) is 11.1 Å². The first-order valence-corrected chi connectivity index (χ1v) is 6.86. The summed E-state index contributed by atoms with van der Waals surface area (Å²) in [5.74, 6) is 1.67. The van der Waals surface area contributed by atoms with Gasteiger partial charge in [0.1, 0.15) is 5.75 Å². The van der Waals surface area contributed by atoms with Gasteiger partial charge < -0.3 is 15.4 Å². The molecule has 0 saturated carbocycles. The first kappa shape index (κ1) is 13.4. The second-order valence-electron chi connectivity index (χ2n) is 5.25. The topological polar surface area (TPSA) is 38.5 Å². The fraction of sp³-hybridized carbons (Fsp3) is 0.600. The lowest BCUT2D eigenvalue weighted by Gasteiger charge is -2.22. The van der Waals surface area contributed by atoms with Crippen molar-refractivity contribution in [2.24, 2.45) is 11.7 Å². The van der Waals surface area contributed by atoms with Crippen molar-refractivity contribution in [3.8, 4) is 5.75 Å². The maximum Gasteiger partial charge on any atom is 0.122 e. The zero-order chi connectivity index (χ0) is 13.0. The molecule has 18 heavy (non-hydrogen) atoms. The van der Waals surface area contributed by atoms with E-state index in [-0.39, 0.29) is 0 Å². The van der Waals surface area contributed by atoms with Crippen LogP contribution in [0.4, 0.5) is 0 Å². The monoisotopic (exact) mass is 248 g/mol. The SMILES string of the molecule is CCC(CN)CN(C)Cc1ccc2c(c1)CCO2. The predicted molar refractivity (Wildman–Crippen MR) is 74.8 cm³/mol. The van der Waals surface area contributed by atoms with Gasteiger partial charge in [-0.2, -0.15) is 0 Å². The summed E-state index contributed by atoms with van der Waals surface area (Å²) < 4.78 is 5.53. The quantitative estimate of drug-likeness (QED) is 0.837. The normalized spacial score (nSPS) is 15.6. The van der Waals surface area contributed by atoms with E-state index in [0.29, 0.717) is 5.92 Å². The van der Waals surface area contributed by atoms with Gasteiger partial charge in [-0.05, 0) is 36.7 Å². The summed E-state index contributed by atoms with van der Waals surface area (Å²) in [6.45, 7) is 5.88. The second kappa shape index (κ2) is 6.21. The molecule has 0 fully saturated rings. The average molecular weight is 248 g/mol. The molecule has 0 radical (unpaired) electrons. The van der Waals surface area contributed by atoms with E-state index in [0.717, 1.165) is 44.8 Å². The van der Waals surface area contributed by atoms with Crippen molar-refractivity contribution in [3.05, 3.63) is 29.3 Å². The lowest BCUT2D eigenvalue weighted by molar-refractivity contribution is 0.268. The van der Waals surface area contributed by atoms with Gasteiger partial charge in [0.25, 0.3) is 0 Å². The fourth-order valence-corrected chi connectivity index (χ4v) is 2.53. The Kier molecular flexibility index (Phi) is 4.61. The Labute approximate surface area is 110 Å². The predicted octanol–water partition coefficient (Wildman–Crippen LogP) is 2.04. The second-order valence-corrected chi connectivity index (χ2v) is 5.25. The Balaban J connectivity index is 1.92. The fourth-order valence-electron chi connectivity index (χ4n) is 2.53. The Morgan fingerprint density at radius 3 is 3.00 bits per heavy atom. The Bertz CT molecular complexity index is 388. The molecular weight excluding hydrogens is 224 g/mol. The van der Waals surface area contributed by atoms with Crippen LogP contribution in [-0.4, -0.2) is 31.6 Å². The van der Waals surface area contributed by atoms with Gasteiger partial charge in [0, 0.05) is 19.5 Å². The van der Waals surface area contributed by atoms with Crippen LogP contribution in [0.15, 0.2) is 18.2 Å². The van der Waals surface area contributed by atoms with Gasteiger partial charge in [0.15, 0.2) is 0 Å². The van der Waals surface area contributed by atoms with Crippen LogP contribution in [0.2, 0.25) is 0 Å². The van der Waals surface area contributed by atoms with Gasteiger partial charge in [-0.1, -0.05) is 25.5 Å². The number of nitrogens with zero attached hydrogens (tertiary/aromatic N) is 1. The maximum atomic E-state index is 5.76. The minimum Gasteiger partial charge on any atom is -0.493 e. The summed E-state index contributed by atoms with van der Waals surface area (Å²) in [5.41, 5.74) is 8.48. The summed E-state index contributed by atoms with van der Waals surface area (Å²) in [6, 6.07) is 6.55. The van der Waals surface area contributed by atoms with E-state index >= 15 is 0 Å². The summed E-state index contributed by atoms with van der Waals surface area (Å²) in [7, 11) is 2.17. The number of ether oxygens (including phenoxy) is 1. The molecule has 0 spiro atoms. The van der Waals surface area contributed by atoms with Crippen LogP contribution in [0.3, 0.4) is 0 Å². The molecule has 1 aliphatic rings. The molecule has 0 aliphatic carbocycles. The van der Waals surface area contributed by atoms with E-state index in [1.54, 1.807) is 0 Å². The lowest BCUT2D eigenvalue weighted by atomic mass is 10.1. The number of benzene rings is 1. The third-order valence-electron chi connectivity index (χ3n) is 3.69. The molecule has 1 atom stereocenters. The standard InChI is InChI=1S/C15H24N2O/c1-3-12(9-16)10-17(2)11-13-4-5-15-14(8-13)6-7-18-15/h4-5,8,12H,3,6-7,9-11,16H2,1-2H3. The number of fused-ring (bicyclic) bond motifs is 1. The maximum absolute atomic E-state index is 5.76. The van der Waals surface area contributed by atoms with E-state index in [9.17, 15) is 0 Å². The van der Waals surface area contributed by atoms with E-state index < -0.39 is 0 Å². The van der Waals surface area contributed by atoms with Crippen molar-refractivity contribution in [3.63, 3.8) is 0 Å². The van der Waals surface area contributed by atoms with Crippen LogP contribution in [0.5, 0.6) is 5.75 Å². The van der Waals surface area contributed by atoms with E-state index in [1.807, 2.05) is 0 Å². The van der Waals surface area contributed by atoms with Crippen LogP contribution in [-0.2, 0) is 13.0 Å². The molecule has 1 unspecified atom stereocenters. The molecule has 0 bridgehead atoms. The lowest BCUT2D eigenvalue weighted by Crippen LogP contribution is -2.29. The van der Waals surface area contributed by atoms with E-state index in [2.05, 4.69) is 37.1 Å². The molecule has 1 aromatic rings. The van der Waals surface area contributed by atoms with Gasteiger partial charge in [-0.25, -0.2) is 0 Å². The number of hydrogen-bond donors (Lipinski definition) is 1. The van der Waals surface area contributed by atoms with Crippen LogP contribution in [0, 0.1) is 5.92 Å². The van der Waals surface area contributed by atoms with Crippen molar-refractivity contribution >= 4 is 0 Å². The Hall–Kier alpha value is -1.06. The Morgan fingerprint density at radius 2 is 2.28 bits per heavy atom. The van der Waals surface area contributed by atoms with Gasteiger partial charge in [0.05, 0.1) is 6.61 Å². The highest BCUT2D eigenvalue weighted by Gasteiger charge is 2.13. The van der Waals surface area contributed by atoms with Crippen molar-refractivity contribution < 1.29 is 4.74 Å². The first-order chi connectivity index (χ1) is 8.72. The molecule has 100 valence electrons. The van der Waals surface area contributed by atoms with Crippen LogP contribution >= 0.6 is 0 Å². The summed E-state index contributed by atoms with van der Waals surface area (Å²) in [6.07, 6.45) is 2.20. The van der Waals surface area contributed by atoms with Gasteiger partial charge >= 0.3 is 0 Å². The molecule has 0 aromatic heterocycles. The highest BCUT2D eigenvalue weighted by molar-refractivity contribution is 5.39. The van der Waals surface area contributed by atoms with Crippen LogP contribution in [0.1, 0.15) is 24.5 Å². The molecule has 0 amide bonds. The smallest absolute Gasteiger partial charge is 0.122 e. The average Bonchev–Trinajstić information content (AvgIpc) is 2.83.